The summed E-state index contributed by atoms with van der Waals surface area (Å²) in [6.45, 7) is 0.962. The average Bonchev–Trinajstić information content (AvgIpc) is 2.67. The third kappa shape index (κ3) is 2.40. The molecule has 2 aromatic heterocycles. The highest BCUT2D eigenvalue weighted by Crippen LogP contribution is 2.13. The molecule has 2 rings (SSSR count). The second kappa shape index (κ2) is 5.09. The minimum atomic E-state index is 0.484. The second-order valence-corrected chi connectivity index (χ2v) is 3.80. The molecule has 0 unspecified atom stereocenters. The quantitative estimate of drug-likeness (QED) is 0.652. The minimum absolute atomic E-state index is 0.484. The maximum Gasteiger partial charge on any atom is 0.163 e. The van der Waals surface area contributed by atoms with Gasteiger partial charge < -0.3 is 5.32 Å². The Balaban J connectivity index is 2.24. The number of fused-ring (bicyclic) bond motifs is 1. The number of aromatic nitrogens is 3. The van der Waals surface area contributed by atoms with E-state index in [1.54, 1.807) is 23.0 Å². The molecule has 5 heteroatoms. The fourth-order valence-corrected chi connectivity index (χ4v) is 1.56. The molecule has 0 bridgehead atoms. The van der Waals surface area contributed by atoms with Gasteiger partial charge >= 0.3 is 0 Å². The molecule has 0 saturated heterocycles. The van der Waals surface area contributed by atoms with Gasteiger partial charge in [-0.3, -0.25) is 0 Å². The van der Waals surface area contributed by atoms with Gasteiger partial charge in [0, 0.05) is 11.8 Å². The summed E-state index contributed by atoms with van der Waals surface area (Å²) in [6, 6.07) is 1.72. The lowest BCUT2D eigenvalue weighted by molar-refractivity contribution is 0.809. The van der Waals surface area contributed by atoms with E-state index < -0.39 is 0 Å². The van der Waals surface area contributed by atoms with Crippen molar-refractivity contribution in [2.75, 3.05) is 13.6 Å². The fraction of sp³-hybridized carbons (Fsp3) is 0.273. The molecular formula is C11H13ClN4. The normalized spacial score (nSPS) is 11.6. The highest BCUT2D eigenvalue weighted by atomic mass is 35.5. The SMILES string of the molecule is CNCCC=Cc1cnn2ccc(Cl)nc12. The molecular weight excluding hydrogens is 224 g/mol. The van der Waals surface area contributed by atoms with Gasteiger partial charge in [-0.25, -0.2) is 9.50 Å². The topological polar surface area (TPSA) is 42.2 Å². The zero-order chi connectivity index (χ0) is 11.4. The van der Waals surface area contributed by atoms with Crippen LogP contribution in [0.5, 0.6) is 0 Å². The number of nitrogens with one attached hydrogen (secondary N) is 1. The predicted molar refractivity (Wildman–Crippen MR) is 65.6 cm³/mol. The van der Waals surface area contributed by atoms with Crippen molar-refractivity contribution in [1.82, 2.24) is 19.9 Å². The van der Waals surface area contributed by atoms with Crippen LogP contribution >= 0.6 is 11.6 Å². The van der Waals surface area contributed by atoms with Crippen LogP contribution in [-0.2, 0) is 0 Å². The molecule has 0 aliphatic rings. The number of hydrogen-bond acceptors (Lipinski definition) is 3. The van der Waals surface area contributed by atoms with Crippen LogP contribution in [0.3, 0.4) is 0 Å². The van der Waals surface area contributed by atoms with Gasteiger partial charge in [-0.15, -0.1) is 0 Å². The molecule has 2 aromatic rings. The first-order chi connectivity index (χ1) is 7.81. The van der Waals surface area contributed by atoms with Crippen LogP contribution in [0.15, 0.2) is 24.5 Å². The lowest BCUT2D eigenvalue weighted by atomic mass is 10.3. The zero-order valence-corrected chi connectivity index (χ0v) is 9.78. The van der Waals surface area contributed by atoms with E-state index in [-0.39, 0.29) is 0 Å². The van der Waals surface area contributed by atoms with Crippen molar-refractivity contribution in [3.63, 3.8) is 0 Å². The monoisotopic (exact) mass is 236 g/mol. The van der Waals surface area contributed by atoms with Gasteiger partial charge in [-0.05, 0) is 26.1 Å². The molecule has 0 spiro atoms. The van der Waals surface area contributed by atoms with Crippen molar-refractivity contribution < 1.29 is 0 Å². The van der Waals surface area contributed by atoms with Crippen LogP contribution in [0, 0.1) is 0 Å². The Morgan fingerprint density at radius 1 is 1.56 bits per heavy atom. The van der Waals surface area contributed by atoms with Gasteiger partial charge in [0.1, 0.15) is 5.15 Å². The van der Waals surface area contributed by atoms with Gasteiger partial charge in [0.25, 0.3) is 0 Å². The summed E-state index contributed by atoms with van der Waals surface area (Å²) in [5, 5.41) is 7.76. The molecule has 0 radical (unpaired) electrons. The lowest BCUT2D eigenvalue weighted by Crippen LogP contribution is -2.05. The summed E-state index contributed by atoms with van der Waals surface area (Å²) in [5.41, 5.74) is 1.77. The summed E-state index contributed by atoms with van der Waals surface area (Å²) in [4.78, 5) is 4.23. The van der Waals surface area contributed by atoms with E-state index in [0.29, 0.717) is 5.15 Å². The molecule has 0 aromatic carbocycles. The Morgan fingerprint density at radius 3 is 3.25 bits per heavy atom. The van der Waals surface area contributed by atoms with Crippen LogP contribution in [0.2, 0.25) is 5.15 Å². The molecule has 16 heavy (non-hydrogen) atoms. The smallest absolute Gasteiger partial charge is 0.163 e. The standard InChI is InChI=1S/C11H13ClN4/c1-13-6-3-2-4-9-8-14-16-7-5-10(12)15-11(9)16/h2,4-5,7-8,13H,3,6H2,1H3. The number of rotatable bonds is 4. The van der Waals surface area contributed by atoms with E-state index >= 15 is 0 Å². The van der Waals surface area contributed by atoms with E-state index in [4.69, 9.17) is 11.6 Å². The number of nitrogens with zero attached hydrogens (tertiary/aromatic N) is 3. The van der Waals surface area contributed by atoms with E-state index in [1.165, 1.54) is 0 Å². The first-order valence-electron chi connectivity index (χ1n) is 5.12. The zero-order valence-electron chi connectivity index (χ0n) is 9.02. The van der Waals surface area contributed by atoms with Crippen LogP contribution in [0.4, 0.5) is 0 Å². The molecule has 0 saturated carbocycles. The molecule has 1 N–H and O–H groups in total. The van der Waals surface area contributed by atoms with Crippen molar-refractivity contribution in [1.29, 1.82) is 0 Å². The van der Waals surface area contributed by atoms with Crippen LogP contribution in [0.1, 0.15) is 12.0 Å². The van der Waals surface area contributed by atoms with Gasteiger partial charge in [-0.1, -0.05) is 23.8 Å². The first kappa shape index (κ1) is 11.1. The van der Waals surface area contributed by atoms with Gasteiger partial charge in [0.05, 0.1) is 6.20 Å². The van der Waals surface area contributed by atoms with Crippen LogP contribution < -0.4 is 5.32 Å². The predicted octanol–water partition coefficient (Wildman–Crippen LogP) is 2.01. The Hall–Kier alpha value is -1.39. The Labute approximate surface area is 98.9 Å². The Morgan fingerprint density at radius 2 is 2.44 bits per heavy atom. The summed E-state index contributed by atoms with van der Waals surface area (Å²) in [7, 11) is 1.94. The third-order valence-electron chi connectivity index (χ3n) is 2.22. The van der Waals surface area contributed by atoms with Crippen molar-refractivity contribution >= 4 is 23.3 Å². The summed E-state index contributed by atoms with van der Waals surface area (Å²) in [6.07, 6.45) is 8.68. The molecule has 0 atom stereocenters. The maximum atomic E-state index is 5.85. The molecule has 4 nitrogen and oxygen atoms in total. The van der Waals surface area contributed by atoms with Crippen molar-refractivity contribution in [3.05, 3.63) is 35.3 Å². The van der Waals surface area contributed by atoms with E-state index in [9.17, 15) is 0 Å². The molecule has 0 amide bonds. The maximum absolute atomic E-state index is 5.85. The number of hydrogen-bond donors (Lipinski definition) is 1. The van der Waals surface area contributed by atoms with Crippen LogP contribution in [-0.4, -0.2) is 28.2 Å². The van der Waals surface area contributed by atoms with Crippen molar-refractivity contribution in [3.8, 4) is 0 Å². The first-order valence-corrected chi connectivity index (χ1v) is 5.50. The Kier molecular flexibility index (Phi) is 3.54. The average molecular weight is 237 g/mol. The minimum Gasteiger partial charge on any atom is -0.319 e. The molecule has 84 valence electrons. The molecule has 2 heterocycles. The Bertz CT molecular complexity index is 504. The number of halogens is 1. The molecule has 0 aliphatic heterocycles. The fourth-order valence-electron chi connectivity index (χ4n) is 1.42. The third-order valence-corrected chi connectivity index (χ3v) is 2.43. The van der Waals surface area contributed by atoms with Crippen molar-refractivity contribution in [2.24, 2.45) is 0 Å². The molecule has 0 fully saturated rings. The van der Waals surface area contributed by atoms with Crippen LogP contribution in [0.25, 0.3) is 11.7 Å². The summed E-state index contributed by atoms with van der Waals surface area (Å²) >= 11 is 5.85. The van der Waals surface area contributed by atoms with E-state index in [1.807, 2.05) is 13.1 Å². The highest BCUT2D eigenvalue weighted by Gasteiger charge is 2.02. The van der Waals surface area contributed by atoms with E-state index in [0.717, 1.165) is 24.2 Å². The summed E-state index contributed by atoms with van der Waals surface area (Å²) in [5.74, 6) is 0. The van der Waals surface area contributed by atoms with Gasteiger partial charge in [0.15, 0.2) is 5.65 Å². The van der Waals surface area contributed by atoms with Gasteiger partial charge in [0.2, 0.25) is 0 Å². The molecule has 0 aliphatic carbocycles. The summed E-state index contributed by atoms with van der Waals surface area (Å²) < 4.78 is 1.71. The van der Waals surface area contributed by atoms with Crippen molar-refractivity contribution in [2.45, 2.75) is 6.42 Å². The largest absolute Gasteiger partial charge is 0.319 e. The van der Waals surface area contributed by atoms with Gasteiger partial charge in [-0.2, -0.15) is 5.10 Å². The van der Waals surface area contributed by atoms with E-state index in [2.05, 4.69) is 21.5 Å². The lowest BCUT2D eigenvalue weighted by Gasteiger charge is -1.94. The second-order valence-electron chi connectivity index (χ2n) is 3.41. The highest BCUT2D eigenvalue weighted by molar-refractivity contribution is 6.29.